The predicted octanol–water partition coefficient (Wildman–Crippen LogP) is 5.63. The molecule has 0 aliphatic carbocycles. The molecule has 3 aromatic carbocycles. The molecule has 4 rings (SSSR count). The van der Waals surface area contributed by atoms with Gasteiger partial charge in [0, 0.05) is 17.5 Å². The van der Waals surface area contributed by atoms with Gasteiger partial charge in [-0.25, -0.2) is 5.01 Å². The fourth-order valence-electron chi connectivity index (χ4n) is 3.86. The number of hydrogen-bond donors (Lipinski definition) is 0. The van der Waals surface area contributed by atoms with Crippen molar-refractivity contribution in [2.45, 2.75) is 12.8 Å². The highest BCUT2D eigenvalue weighted by Gasteiger charge is 2.32. The Bertz CT molecular complexity index is 1280. The van der Waals surface area contributed by atoms with Crippen molar-refractivity contribution in [1.82, 2.24) is 5.01 Å². The van der Waals surface area contributed by atoms with Crippen molar-refractivity contribution < 1.29 is 8.42 Å². The summed E-state index contributed by atoms with van der Waals surface area (Å²) in [4.78, 5) is 0. The van der Waals surface area contributed by atoms with Crippen LogP contribution in [-0.2, 0) is 10.2 Å². The molecule has 1 atom stereocenters. The number of anilines is 1. The molecule has 0 fully saturated rings. The number of halogens is 1. The van der Waals surface area contributed by atoms with Gasteiger partial charge in [-0.3, -0.25) is 4.31 Å². The maximum absolute atomic E-state index is 13.3. The van der Waals surface area contributed by atoms with E-state index in [1.807, 2.05) is 48.5 Å². The molecule has 0 saturated heterocycles. The minimum absolute atomic E-state index is 0.0427. The molecule has 0 spiro atoms. The number of hydrazone groups is 1. The normalized spacial score (nSPS) is 16.4. The molecule has 1 aliphatic rings. The molecule has 6 nitrogen and oxygen atoms in total. The van der Waals surface area contributed by atoms with Crippen molar-refractivity contribution in [1.29, 1.82) is 0 Å². The number of amidine groups is 1. The Kier molecular flexibility index (Phi) is 7.60. The zero-order chi connectivity index (χ0) is 24.1. The van der Waals surface area contributed by atoms with Crippen LogP contribution in [0.1, 0.15) is 24.0 Å². The Hall–Kier alpha value is -2.81. The fourth-order valence-corrected chi connectivity index (χ4v) is 6.00. The van der Waals surface area contributed by atoms with Crippen LogP contribution >= 0.6 is 23.4 Å². The van der Waals surface area contributed by atoms with Crippen LogP contribution in [0.2, 0.25) is 5.02 Å². The first-order valence-corrected chi connectivity index (χ1v) is 13.8. The van der Waals surface area contributed by atoms with E-state index in [4.69, 9.17) is 16.7 Å². The second kappa shape index (κ2) is 10.6. The van der Waals surface area contributed by atoms with Gasteiger partial charge in [0.1, 0.15) is 0 Å². The molecule has 0 N–H and O–H groups in total. The highest BCUT2D eigenvalue weighted by molar-refractivity contribution is 8.13. The van der Waals surface area contributed by atoms with Crippen molar-refractivity contribution in [3.63, 3.8) is 0 Å². The van der Waals surface area contributed by atoms with Crippen LogP contribution in [0.4, 0.5) is 5.69 Å². The molecule has 0 radical (unpaired) electrons. The lowest BCUT2D eigenvalue weighted by atomic mass is 9.91. The molecule has 1 heterocycles. The number of para-hydroxylation sites is 1. The van der Waals surface area contributed by atoms with E-state index in [0.717, 1.165) is 16.8 Å². The van der Waals surface area contributed by atoms with Crippen molar-refractivity contribution in [3.05, 3.63) is 101 Å². The largest absolute Gasteiger partial charge is 0.347 e. The lowest BCUT2D eigenvalue weighted by Gasteiger charge is -2.22. The first-order valence-electron chi connectivity index (χ1n) is 10.8. The van der Waals surface area contributed by atoms with E-state index in [9.17, 15) is 8.42 Å². The van der Waals surface area contributed by atoms with Gasteiger partial charge in [0.25, 0.3) is 0 Å². The number of rotatable bonds is 6. The van der Waals surface area contributed by atoms with E-state index < -0.39 is 10.2 Å². The Labute approximate surface area is 210 Å². The molecule has 3 aromatic rings. The highest BCUT2D eigenvalue weighted by atomic mass is 35.5. The Balaban J connectivity index is 1.72. The summed E-state index contributed by atoms with van der Waals surface area (Å²) in [6.45, 7) is 2.54. The average Bonchev–Trinajstić information content (AvgIpc) is 3.30. The average molecular weight is 513 g/mol. The van der Waals surface area contributed by atoms with Gasteiger partial charge in [0.05, 0.1) is 17.9 Å². The molecule has 1 aliphatic heterocycles. The molecule has 9 heteroatoms. The molecule has 0 bridgehead atoms. The van der Waals surface area contributed by atoms with E-state index in [0.29, 0.717) is 22.4 Å². The lowest BCUT2D eigenvalue weighted by molar-refractivity contribution is 0.484. The zero-order valence-electron chi connectivity index (χ0n) is 18.9. The molecule has 1 unspecified atom stereocenters. The number of hydrogen-bond acceptors (Lipinski definition) is 4. The summed E-state index contributed by atoms with van der Waals surface area (Å²) in [7, 11) is -3.97. The number of nitrogens with zero attached hydrogens (tertiary/aromatic N) is 4. The molecule has 0 saturated carbocycles. The summed E-state index contributed by atoms with van der Waals surface area (Å²) in [6, 6.07) is 26.6. The molecule has 34 heavy (non-hydrogen) atoms. The summed E-state index contributed by atoms with van der Waals surface area (Å²) in [5.74, 6) is -0.0427. The number of thioether (sulfide) groups is 1. The molecule has 0 aromatic heterocycles. The maximum atomic E-state index is 13.3. The fraction of sp³-hybridized carbons (Fsp3) is 0.200. The standard InChI is InChI=1S/C25H25ClN4O2S2/c1-3-30(22-12-8-5-9-13-22)34(31,32)28-25(33-2)29-18-23(19-10-6-4-7-11-19)24(27-29)20-14-16-21(26)17-15-20/h4-17,23H,3,18H2,1-2H3/b28-25-. The second-order valence-corrected chi connectivity index (χ2v) is 10.3. The summed E-state index contributed by atoms with van der Waals surface area (Å²) in [6.07, 6.45) is 1.81. The van der Waals surface area contributed by atoms with Gasteiger partial charge >= 0.3 is 10.2 Å². The Morgan fingerprint density at radius 3 is 2.26 bits per heavy atom. The van der Waals surface area contributed by atoms with Gasteiger partial charge in [-0.05, 0) is 48.6 Å². The van der Waals surface area contributed by atoms with Crippen LogP contribution in [0.15, 0.2) is 94.4 Å². The van der Waals surface area contributed by atoms with Gasteiger partial charge < -0.3 is 0 Å². The smallest absolute Gasteiger partial charge is 0.252 e. The summed E-state index contributed by atoms with van der Waals surface area (Å²) in [5.41, 5.74) is 3.45. The summed E-state index contributed by atoms with van der Waals surface area (Å²) in [5, 5.41) is 7.48. The van der Waals surface area contributed by atoms with Crippen LogP contribution < -0.4 is 4.31 Å². The highest BCUT2D eigenvalue weighted by Crippen LogP contribution is 2.31. The Morgan fingerprint density at radius 1 is 1.06 bits per heavy atom. The van der Waals surface area contributed by atoms with Crippen molar-refractivity contribution in [2.75, 3.05) is 23.7 Å². The Morgan fingerprint density at radius 2 is 1.68 bits per heavy atom. The zero-order valence-corrected chi connectivity index (χ0v) is 21.3. The summed E-state index contributed by atoms with van der Waals surface area (Å²) < 4.78 is 32.0. The minimum Gasteiger partial charge on any atom is -0.252 e. The third-order valence-electron chi connectivity index (χ3n) is 5.46. The van der Waals surface area contributed by atoms with Crippen molar-refractivity contribution >= 4 is 50.1 Å². The third kappa shape index (κ3) is 5.29. The SMILES string of the molecule is CCN(c1ccccc1)S(=O)(=O)/N=C(\SC)N1CC(c2ccccc2)C(c2ccc(Cl)cc2)=N1. The second-order valence-electron chi connectivity index (χ2n) is 7.59. The van der Waals surface area contributed by atoms with Crippen LogP contribution in [0.3, 0.4) is 0 Å². The first-order chi connectivity index (χ1) is 16.4. The van der Waals surface area contributed by atoms with Crippen molar-refractivity contribution in [3.8, 4) is 0 Å². The van der Waals surface area contributed by atoms with Gasteiger partial charge in [-0.1, -0.05) is 84.0 Å². The lowest BCUT2D eigenvalue weighted by Crippen LogP contribution is -2.32. The van der Waals surface area contributed by atoms with E-state index in [2.05, 4.69) is 16.5 Å². The number of benzene rings is 3. The monoisotopic (exact) mass is 512 g/mol. The quantitative estimate of drug-likeness (QED) is 0.317. The van der Waals surface area contributed by atoms with E-state index >= 15 is 0 Å². The van der Waals surface area contributed by atoms with E-state index in [-0.39, 0.29) is 12.5 Å². The first kappa shape index (κ1) is 24.3. The van der Waals surface area contributed by atoms with E-state index in [1.54, 1.807) is 42.5 Å². The minimum atomic E-state index is -3.97. The molecule has 0 amide bonds. The van der Waals surface area contributed by atoms with Crippen LogP contribution in [0, 0.1) is 0 Å². The van der Waals surface area contributed by atoms with Gasteiger partial charge in [0.15, 0.2) is 5.17 Å². The molecular weight excluding hydrogens is 488 g/mol. The van der Waals surface area contributed by atoms with Crippen LogP contribution in [-0.4, -0.2) is 43.7 Å². The third-order valence-corrected chi connectivity index (χ3v) is 7.93. The van der Waals surface area contributed by atoms with Gasteiger partial charge in [-0.2, -0.15) is 13.5 Å². The van der Waals surface area contributed by atoms with Crippen LogP contribution in [0.5, 0.6) is 0 Å². The predicted molar refractivity (Wildman–Crippen MR) is 143 cm³/mol. The van der Waals surface area contributed by atoms with Gasteiger partial charge in [0.2, 0.25) is 0 Å². The molecular formula is C25H25ClN4O2S2. The molecule has 176 valence electrons. The van der Waals surface area contributed by atoms with Crippen LogP contribution in [0.25, 0.3) is 0 Å². The topological polar surface area (TPSA) is 65.3 Å². The van der Waals surface area contributed by atoms with E-state index in [1.165, 1.54) is 16.1 Å². The maximum Gasteiger partial charge on any atom is 0.347 e. The summed E-state index contributed by atoms with van der Waals surface area (Å²) >= 11 is 7.35. The van der Waals surface area contributed by atoms with Gasteiger partial charge in [-0.15, -0.1) is 4.40 Å². The van der Waals surface area contributed by atoms with Crippen molar-refractivity contribution in [2.24, 2.45) is 9.50 Å².